The van der Waals surface area contributed by atoms with Crippen molar-refractivity contribution < 1.29 is 26.7 Å². The fourth-order valence-electron chi connectivity index (χ4n) is 10.4. The van der Waals surface area contributed by atoms with Gasteiger partial charge in [-0.3, -0.25) is 4.57 Å². The number of hydrogen-bond donors (Lipinski definition) is 0. The van der Waals surface area contributed by atoms with E-state index in [1.807, 2.05) is 86.5 Å². The first-order valence-electron chi connectivity index (χ1n) is 26.1. The van der Waals surface area contributed by atoms with Crippen LogP contribution in [0.3, 0.4) is 0 Å². The molecule has 0 atom stereocenters. The summed E-state index contributed by atoms with van der Waals surface area (Å²) in [7, 11) is 0. The predicted molar refractivity (Wildman–Crippen MR) is 302 cm³/mol. The maximum atomic E-state index is 16.6. The van der Waals surface area contributed by atoms with E-state index in [-0.39, 0.29) is 34.9 Å². The zero-order valence-corrected chi connectivity index (χ0v) is 45.7. The maximum absolute atomic E-state index is 16.6. The van der Waals surface area contributed by atoms with Gasteiger partial charge < -0.3 is 14.5 Å². The number of pyridine rings is 1. The summed E-state index contributed by atoms with van der Waals surface area (Å²) in [6, 6.07) is 42.5. The molecule has 10 heteroatoms. The third-order valence-corrected chi connectivity index (χ3v) is 14.9. The van der Waals surface area contributed by atoms with Crippen molar-refractivity contribution in [3.05, 3.63) is 190 Å². The molecule has 3 heterocycles. The van der Waals surface area contributed by atoms with Crippen molar-refractivity contribution in [2.45, 2.75) is 118 Å². The van der Waals surface area contributed by atoms with E-state index in [1.165, 1.54) is 0 Å². The van der Waals surface area contributed by atoms with Crippen LogP contribution in [0.4, 0.5) is 44.7 Å². The number of ether oxygens (including phenoxy) is 1. The van der Waals surface area contributed by atoms with Gasteiger partial charge in [-0.05, 0) is 128 Å². The van der Waals surface area contributed by atoms with Gasteiger partial charge in [0.05, 0.1) is 33.7 Å². The van der Waals surface area contributed by atoms with E-state index < -0.39 is 40.1 Å². The second-order valence-electron chi connectivity index (χ2n) is 24.1. The van der Waals surface area contributed by atoms with E-state index in [2.05, 4.69) is 145 Å². The van der Waals surface area contributed by atoms with Gasteiger partial charge in [0.15, 0.2) is 23.3 Å². The second kappa shape index (κ2) is 19.0. The van der Waals surface area contributed by atoms with Gasteiger partial charge in [-0.1, -0.05) is 139 Å². The van der Waals surface area contributed by atoms with Crippen LogP contribution < -0.4 is 14.5 Å². The Morgan fingerprint density at radius 2 is 1.04 bits per heavy atom. The normalized spacial score (nSPS) is 13.3. The van der Waals surface area contributed by atoms with E-state index in [4.69, 9.17) is 9.72 Å². The molecule has 0 unspecified atom stereocenters. The molecule has 0 aliphatic carbocycles. The van der Waals surface area contributed by atoms with Crippen LogP contribution >= 0.6 is 0 Å². The van der Waals surface area contributed by atoms with E-state index in [0.717, 1.165) is 66.8 Å². The van der Waals surface area contributed by atoms with Crippen molar-refractivity contribution in [1.82, 2.24) is 9.55 Å². The fraction of sp³-hybridized carbons (Fsp3) is 0.288. The van der Waals surface area contributed by atoms with Crippen LogP contribution in [0, 0.1) is 29.1 Å². The molecule has 0 amide bonds. The summed E-state index contributed by atoms with van der Waals surface area (Å²) >= 11 is 0. The number of benzene rings is 7. The zero-order valence-electron chi connectivity index (χ0n) is 45.7. The number of nitrogens with zero attached hydrogens (tertiary/aromatic N) is 4. The Hall–Kier alpha value is -7.46. The monoisotopic (exact) mass is 1020 g/mol. The molecule has 76 heavy (non-hydrogen) atoms. The molecule has 0 N–H and O–H groups in total. The number of halogens is 5. The standard InChI is InChI=1S/C66H65F5N4O/c1-37(2)39-26-40(38(3)4)28-41(27-39)50-31-44(66(11,12)13)32-51(57-58(67)60(69)62(71)61(70)59(57)68)63(50)74-36-73(53-20-16-17-21-54(53)74)45-29-43(65(8,9)10)30-47(34-45)76-46-22-23-49-48-18-14-15-19-52(48)75(55(49)35-46)56-33-42(24-25-72-56)64(5,6)7/h14-35,37-38H,36H2,1-13H3. The van der Waals surface area contributed by atoms with Crippen molar-refractivity contribution in [2.24, 2.45) is 0 Å². The minimum atomic E-state index is -2.21. The molecule has 10 rings (SSSR count). The number of para-hydroxylation sites is 3. The SMILES string of the molecule is CC(C)c1cc(-c2cc(C(C)(C)C)cc(-c3c(F)c(F)c(F)c(F)c3F)c2N2CN(c3cc(Oc4ccc5c6ccccc6n(-c6cc(C(C)(C)C)ccn6)c5c4)cc(C(C)(C)C)c3)c3ccccc32)cc(C(C)C)c1. The summed E-state index contributed by atoms with van der Waals surface area (Å²) in [5, 5.41) is 2.15. The largest absolute Gasteiger partial charge is 0.457 e. The lowest BCUT2D eigenvalue weighted by Gasteiger charge is -2.31. The summed E-state index contributed by atoms with van der Waals surface area (Å²) in [5.41, 5.74) is 8.56. The van der Waals surface area contributed by atoms with Crippen molar-refractivity contribution in [3.63, 3.8) is 0 Å². The first-order valence-corrected chi connectivity index (χ1v) is 26.1. The Morgan fingerprint density at radius 3 is 1.66 bits per heavy atom. The molecule has 7 aromatic carbocycles. The average molecular weight is 1030 g/mol. The van der Waals surface area contributed by atoms with Crippen LogP contribution in [0.1, 0.15) is 130 Å². The van der Waals surface area contributed by atoms with Gasteiger partial charge in [-0.25, -0.2) is 26.9 Å². The predicted octanol–water partition coefficient (Wildman–Crippen LogP) is 19.4. The van der Waals surface area contributed by atoms with Gasteiger partial charge in [-0.2, -0.15) is 0 Å². The van der Waals surface area contributed by atoms with Gasteiger partial charge in [0.25, 0.3) is 0 Å². The molecular weight excluding hydrogens is 960 g/mol. The molecule has 0 spiro atoms. The molecule has 0 saturated heterocycles. The Labute approximate surface area is 443 Å². The summed E-state index contributed by atoms with van der Waals surface area (Å²) in [5.74, 6) is -7.79. The summed E-state index contributed by atoms with van der Waals surface area (Å²) in [6.45, 7) is 27.4. The van der Waals surface area contributed by atoms with E-state index in [9.17, 15) is 4.39 Å². The number of rotatable bonds is 9. The fourth-order valence-corrected chi connectivity index (χ4v) is 10.4. The molecule has 0 radical (unpaired) electrons. The van der Waals surface area contributed by atoms with Crippen LogP contribution in [0.25, 0.3) is 49.9 Å². The highest BCUT2D eigenvalue weighted by Gasteiger charge is 2.37. The van der Waals surface area contributed by atoms with Gasteiger partial charge in [0.1, 0.15) is 24.0 Å². The molecular formula is C66H65F5N4O. The zero-order chi connectivity index (χ0) is 54.5. The Morgan fingerprint density at radius 1 is 0.487 bits per heavy atom. The van der Waals surface area contributed by atoms with Crippen LogP contribution in [-0.4, -0.2) is 16.2 Å². The molecule has 1 aliphatic rings. The van der Waals surface area contributed by atoms with Crippen molar-refractivity contribution in [3.8, 4) is 39.6 Å². The van der Waals surface area contributed by atoms with Crippen LogP contribution in [0.5, 0.6) is 11.5 Å². The summed E-state index contributed by atoms with van der Waals surface area (Å²) < 4.78 is 88.5. The average Bonchev–Trinajstić information content (AvgIpc) is 3.96. The molecule has 1 aliphatic heterocycles. The number of hydrogen-bond acceptors (Lipinski definition) is 4. The third kappa shape index (κ3) is 9.28. The quantitative estimate of drug-likeness (QED) is 0.0820. The highest BCUT2D eigenvalue weighted by atomic mass is 19.2. The lowest BCUT2D eigenvalue weighted by Crippen LogP contribution is -2.26. The first-order chi connectivity index (χ1) is 35.8. The highest BCUT2D eigenvalue weighted by molar-refractivity contribution is 6.09. The second-order valence-corrected chi connectivity index (χ2v) is 24.1. The van der Waals surface area contributed by atoms with Gasteiger partial charge in [-0.15, -0.1) is 0 Å². The minimum Gasteiger partial charge on any atom is -0.457 e. The van der Waals surface area contributed by atoms with E-state index in [1.54, 1.807) is 6.07 Å². The van der Waals surface area contributed by atoms with Crippen molar-refractivity contribution in [2.75, 3.05) is 16.5 Å². The topological polar surface area (TPSA) is 33.5 Å². The Kier molecular flexibility index (Phi) is 13.0. The molecule has 9 aromatic rings. The first kappa shape index (κ1) is 52.0. The van der Waals surface area contributed by atoms with Crippen molar-refractivity contribution >= 4 is 44.6 Å². The molecule has 0 fully saturated rings. The lowest BCUT2D eigenvalue weighted by atomic mass is 9.81. The maximum Gasteiger partial charge on any atom is 0.200 e. The number of anilines is 4. The van der Waals surface area contributed by atoms with Crippen LogP contribution in [-0.2, 0) is 16.2 Å². The summed E-state index contributed by atoms with van der Waals surface area (Å²) in [4.78, 5) is 8.94. The van der Waals surface area contributed by atoms with Gasteiger partial charge >= 0.3 is 0 Å². The highest BCUT2D eigenvalue weighted by Crippen LogP contribution is 2.53. The van der Waals surface area contributed by atoms with Crippen LogP contribution in [0.15, 0.2) is 134 Å². The minimum absolute atomic E-state index is 0.0942. The molecule has 2 aromatic heterocycles. The van der Waals surface area contributed by atoms with Crippen LogP contribution in [0.2, 0.25) is 0 Å². The third-order valence-electron chi connectivity index (χ3n) is 14.9. The lowest BCUT2D eigenvalue weighted by molar-refractivity contribution is 0.381. The van der Waals surface area contributed by atoms with E-state index >= 15 is 17.6 Å². The summed E-state index contributed by atoms with van der Waals surface area (Å²) in [6.07, 6.45) is 1.86. The number of aromatic nitrogens is 2. The van der Waals surface area contributed by atoms with Gasteiger partial charge in [0, 0.05) is 45.9 Å². The Balaban J connectivity index is 1.17. The van der Waals surface area contributed by atoms with Crippen molar-refractivity contribution in [1.29, 1.82) is 0 Å². The molecule has 0 bridgehead atoms. The molecule has 0 saturated carbocycles. The smallest absolute Gasteiger partial charge is 0.200 e. The number of fused-ring (bicyclic) bond motifs is 4. The molecule has 5 nitrogen and oxygen atoms in total. The Bertz CT molecular complexity index is 3700. The molecule has 390 valence electrons. The van der Waals surface area contributed by atoms with Gasteiger partial charge in [0.2, 0.25) is 5.82 Å². The van der Waals surface area contributed by atoms with E-state index in [0.29, 0.717) is 34.0 Å².